The van der Waals surface area contributed by atoms with Gasteiger partial charge in [0.2, 0.25) is 5.91 Å². The summed E-state index contributed by atoms with van der Waals surface area (Å²) in [6.45, 7) is 1.29. The number of carbonyl (C=O) groups is 2. The number of nitrogens with one attached hydrogen (secondary N) is 1. The summed E-state index contributed by atoms with van der Waals surface area (Å²) in [5.41, 5.74) is 0. The quantitative estimate of drug-likeness (QED) is 0.769. The highest BCUT2D eigenvalue weighted by Gasteiger charge is 2.24. The van der Waals surface area contributed by atoms with E-state index in [0.29, 0.717) is 24.0 Å². The van der Waals surface area contributed by atoms with Crippen molar-refractivity contribution in [3.8, 4) is 0 Å². The van der Waals surface area contributed by atoms with Crippen LogP contribution in [0.15, 0.2) is 11.5 Å². The number of carbonyl (C=O) groups excluding carboxylic acids is 1. The second kappa shape index (κ2) is 6.55. The number of hydrogen-bond donors (Lipinski definition) is 2. The van der Waals surface area contributed by atoms with E-state index in [4.69, 9.17) is 5.11 Å². The summed E-state index contributed by atoms with van der Waals surface area (Å²) in [7, 11) is 0. The van der Waals surface area contributed by atoms with Gasteiger partial charge in [0.1, 0.15) is 6.33 Å². The van der Waals surface area contributed by atoms with Gasteiger partial charge in [0, 0.05) is 19.5 Å². The third kappa shape index (κ3) is 4.23. The molecule has 0 bridgehead atoms. The van der Waals surface area contributed by atoms with Crippen LogP contribution in [0.5, 0.6) is 0 Å². The molecule has 2 heterocycles. The van der Waals surface area contributed by atoms with Crippen molar-refractivity contribution in [1.82, 2.24) is 20.1 Å². The van der Waals surface area contributed by atoms with Gasteiger partial charge in [0.25, 0.3) is 0 Å². The number of amides is 1. The molecule has 1 aliphatic rings. The van der Waals surface area contributed by atoms with Crippen molar-refractivity contribution in [3.05, 3.63) is 6.33 Å². The van der Waals surface area contributed by atoms with Gasteiger partial charge in [0.15, 0.2) is 5.16 Å². The van der Waals surface area contributed by atoms with Crippen LogP contribution in [0.2, 0.25) is 0 Å². The van der Waals surface area contributed by atoms with E-state index in [1.807, 2.05) is 0 Å². The third-order valence-electron chi connectivity index (χ3n) is 3.16. The number of rotatable bonds is 5. The van der Waals surface area contributed by atoms with Crippen LogP contribution in [0.1, 0.15) is 19.3 Å². The fourth-order valence-corrected chi connectivity index (χ4v) is 2.80. The van der Waals surface area contributed by atoms with E-state index in [1.54, 1.807) is 4.90 Å². The molecule has 2 N–H and O–H groups in total. The second-order valence-corrected chi connectivity index (χ2v) is 5.47. The van der Waals surface area contributed by atoms with Gasteiger partial charge >= 0.3 is 5.97 Å². The predicted molar refractivity (Wildman–Crippen MR) is 68.7 cm³/mol. The molecule has 1 aromatic heterocycles. The molecule has 19 heavy (non-hydrogen) atoms. The summed E-state index contributed by atoms with van der Waals surface area (Å²) in [4.78, 5) is 28.3. The molecule has 1 saturated heterocycles. The van der Waals surface area contributed by atoms with Crippen molar-refractivity contribution in [1.29, 1.82) is 0 Å². The lowest BCUT2D eigenvalue weighted by Crippen LogP contribution is -2.39. The number of hydrogen-bond acceptors (Lipinski definition) is 5. The maximum absolute atomic E-state index is 11.9. The Labute approximate surface area is 114 Å². The van der Waals surface area contributed by atoms with E-state index in [-0.39, 0.29) is 18.2 Å². The topological polar surface area (TPSA) is 99.2 Å². The van der Waals surface area contributed by atoms with Crippen molar-refractivity contribution in [3.63, 3.8) is 0 Å². The van der Waals surface area contributed by atoms with Crippen LogP contribution in [-0.4, -0.2) is 55.9 Å². The molecule has 0 aliphatic carbocycles. The number of likely N-dealkylation sites (tertiary alicyclic amines) is 1. The molecule has 0 atom stereocenters. The average Bonchev–Trinajstić information content (AvgIpc) is 2.89. The summed E-state index contributed by atoms with van der Waals surface area (Å²) >= 11 is 1.33. The number of aromatic amines is 1. The summed E-state index contributed by atoms with van der Waals surface area (Å²) in [5, 5.41) is 15.8. The smallest absolute Gasteiger partial charge is 0.303 e. The second-order valence-electron chi connectivity index (χ2n) is 4.50. The summed E-state index contributed by atoms with van der Waals surface area (Å²) in [5.74, 6) is -0.164. The van der Waals surface area contributed by atoms with Gasteiger partial charge in [-0.05, 0) is 18.8 Å². The molecule has 0 saturated carbocycles. The van der Waals surface area contributed by atoms with Gasteiger partial charge in [-0.1, -0.05) is 11.8 Å². The summed E-state index contributed by atoms with van der Waals surface area (Å²) < 4.78 is 0. The lowest BCUT2D eigenvalue weighted by molar-refractivity contribution is -0.138. The fraction of sp³-hybridized carbons (Fsp3) is 0.636. The van der Waals surface area contributed by atoms with Gasteiger partial charge in [-0.25, -0.2) is 4.98 Å². The first-order valence-corrected chi connectivity index (χ1v) is 7.11. The largest absolute Gasteiger partial charge is 0.481 e. The Morgan fingerprint density at radius 2 is 2.21 bits per heavy atom. The van der Waals surface area contributed by atoms with Crippen molar-refractivity contribution in [2.24, 2.45) is 5.92 Å². The molecule has 7 nitrogen and oxygen atoms in total. The standard InChI is InChI=1S/C11H16N4O3S/c16-9(6-19-11-12-7-13-14-11)15-3-1-8(2-4-15)5-10(17)18/h7-8H,1-6H2,(H,17,18)(H,12,13,14). The van der Waals surface area contributed by atoms with E-state index in [0.717, 1.165) is 12.8 Å². The maximum atomic E-state index is 11.9. The van der Waals surface area contributed by atoms with Crippen LogP contribution in [0.4, 0.5) is 0 Å². The fourth-order valence-electron chi connectivity index (χ4n) is 2.12. The SMILES string of the molecule is O=C(O)CC1CCN(C(=O)CSc2ncn[nH]2)CC1. The predicted octanol–water partition coefficient (Wildman–Crippen LogP) is 0.610. The lowest BCUT2D eigenvalue weighted by Gasteiger charge is -2.31. The lowest BCUT2D eigenvalue weighted by atomic mass is 9.94. The molecule has 1 fully saturated rings. The number of aliphatic carboxylic acids is 1. The molecule has 1 aromatic rings. The average molecular weight is 284 g/mol. The van der Waals surface area contributed by atoms with E-state index >= 15 is 0 Å². The van der Waals surface area contributed by atoms with E-state index in [9.17, 15) is 9.59 Å². The third-order valence-corrected chi connectivity index (χ3v) is 4.02. The Morgan fingerprint density at radius 3 is 2.79 bits per heavy atom. The Hall–Kier alpha value is -1.57. The molecule has 1 amide bonds. The number of carboxylic acids is 1. The summed E-state index contributed by atoms with van der Waals surface area (Å²) in [6.07, 6.45) is 3.15. The highest BCUT2D eigenvalue weighted by atomic mass is 32.2. The molecule has 0 aromatic carbocycles. The molecule has 0 radical (unpaired) electrons. The Bertz CT molecular complexity index is 429. The number of H-pyrrole nitrogens is 1. The van der Waals surface area contributed by atoms with Crippen LogP contribution in [0.3, 0.4) is 0 Å². The molecular weight excluding hydrogens is 268 g/mol. The highest BCUT2D eigenvalue weighted by molar-refractivity contribution is 7.99. The minimum Gasteiger partial charge on any atom is -0.481 e. The van der Waals surface area contributed by atoms with E-state index in [2.05, 4.69) is 15.2 Å². The van der Waals surface area contributed by atoms with Crippen LogP contribution in [0, 0.1) is 5.92 Å². The Kier molecular flexibility index (Phi) is 4.78. The molecule has 104 valence electrons. The van der Waals surface area contributed by atoms with Crippen LogP contribution in [-0.2, 0) is 9.59 Å². The molecule has 2 rings (SSSR count). The van der Waals surface area contributed by atoms with Crippen LogP contribution < -0.4 is 0 Å². The minimum absolute atomic E-state index is 0.0650. The number of aromatic nitrogens is 3. The first kappa shape index (κ1) is 13.9. The van der Waals surface area contributed by atoms with Gasteiger partial charge in [0.05, 0.1) is 5.75 Å². The zero-order valence-corrected chi connectivity index (χ0v) is 11.2. The molecule has 0 spiro atoms. The van der Waals surface area contributed by atoms with Crippen molar-refractivity contribution in [2.45, 2.75) is 24.4 Å². The Balaban J connectivity index is 1.71. The first-order valence-electron chi connectivity index (χ1n) is 6.13. The number of nitrogens with zero attached hydrogens (tertiary/aromatic N) is 3. The molecule has 8 heteroatoms. The van der Waals surface area contributed by atoms with Crippen LogP contribution in [0.25, 0.3) is 0 Å². The maximum Gasteiger partial charge on any atom is 0.303 e. The number of carboxylic acid groups (broad SMARTS) is 1. The van der Waals surface area contributed by atoms with Crippen LogP contribution >= 0.6 is 11.8 Å². The van der Waals surface area contributed by atoms with E-state index < -0.39 is 5.97 Å². The van der Waals surface area contributed by atoms with Crippen molar-refractivity contribution in [2.75, 3.05) is 18.8 Å². The first-order chi connectivity index (χ1) is 9.15. The Morgan fingerprint density at radius 1 is 1.47 bits per heavy atom. The van der Waals surface area contributed by atoms with E-state index in [1.165, 1.54) is 18.1 Å². The van der Waals surface area contributed by atoms with Gasteiger partial charge in [-0.15, -0.1) is 0 Å². The molecular formula is C11H16N4O3S. The van der Waals surface area contributed by atoms with Crippen molar-refractivity contribution >= 4 is 23.6 Å². The van der Waals surface area contributed by atoms with Crippen molar-refractivity contribution < 1.29 is 14.7 Å². The normalized spacial score (nSPS) is 16.5. The number of piperidine rings is 1. The highest BCUT2D eigenvalue weighted by Crippen LogP contribution is 2.21. The zero-order chi connectivity index (χ0) is 13.7. The van der Waals surface area contributed by atoms with Gasteiger partial charge in [-0.2, -0.15) is 5.10 Å². The monoisotopic (exact) mass is 284 g/mol. The van der Waals surface area contributed by atoms with Gasteiger partial charge < -0.3 is 10.0 Å². The molecule has 1 aliphatic heterocycles. The zero-order valence-electron chi connectivity index (χ0n) is 10.4. The minimum atomic E-state index is -0.759. The summed E-state index contributed by atoms with van der Waals surface area (Å²) in [6, 6.07) is 0. The number of thioether (sulfide) groups is 1. The molecule has 0 unspecified atom stereocenters. The van der Waals surface area contributed by atoms with Gasteiger partial charge in [-0.3, -0.25) is 14.7 Å².